The molecule has 7 heteroatoms. The number of anilines is 2. The predicted octanol–water partition coefficient (Wildman–Crippen LogP) is 3.87. The first-order valence-electron chi connectivity index (χ1n) is 5.88. The Balaban J connectivity index is 2.12. The quantitative estimate of drug-likeness (QED) is 0.721. The molecule has 0 atom stereocenters. The van der Waals surface area contributed by atoms with E-state index in [1.165, 1.54) is 24.3 Å². The van der Waals surface area contributed by atoms with Gasteiger partial charge in [-0.1, -0.05) is 28.1 Å². The van der Waals surface area contributed by atoms with Crippen LogP contribution in [0, 0.1) is 5.82 Å². The van der Waals surface area contributed by atoms with E-state index in [-0.39, 0.29) is 10.8 Å². The van der Waals surface area contributed by atoms with E-state index < -0.39 is 6.03 Å². The average Bonchev–Trinajstić information content (AvgIpc) is 2.43. The van der Waals surface area contributed by atoms with Gasteiger partial charge in [0.25, 0.3) is 0 Å². The molecule has 0 aliphatic carbocycles. The third-order valence-corrected chi connectivity index (χ3v) is 3.31. The standard InChI is InChI=1S/C14H11BrFN3OS/c15-8-1-6-12(11(7-8)13(17)21)19-14(20)18-10-4-2-9(16)3-5-10/h1-7H,(H2,17,21)(H2,18,19,20). The molecule has 0 spiro atoms. The number of nitrogens with two attached hydrogens (primary N) is 1. The molecule has 0 aliphatic heterocycles. The second-order valence-electron chi connectivity index (χ2n) is 4.14. The fraction of sp³-hybridized carbons (Fsp3) is 0. The van der Waals surface area contributed by atoms with Crippen LogP contribution in [-0.4, -0.2) is 11.0 Å². The number of halogens is 2. The topological polar surface area (TPSA) is 67.1 Å². The maximum atomic E-state index is 12.8. The smallest absolute Gasteiger partial charge is 0.323 e. The Morgan fingerprint density at radius 1 is 1.14 bits per heavy atom. The second kappa shape index (κ2) is 6.64. The molecule has 0 bridgehead atoms. The molecule has 2 aromatic rings. The minimum Gasteiger partial charge on any atom is -0.389 e. The number of thiocarbonyl (C=S) groups is 1. The molecule has 2 rings (SSSR count). The highest BCUT2D eigenvalue weighted by Crippen LogP contribution is 2.21. The van der Waals surface area contributed by atoms with Crippen molar-refractivity contribution in [3.63, 3.8) is 0 Å². The van der Waals surface area contributed by atoms with Crippen LogP contribution in [0.1, 0.15) is 5.56 Å². The van der Waals surface area contributed by atoms with Crippen molar-refractivity contribution in [3.05, 3.63) is 58.3 Å². The van der Waals surface area contributed by atoms with E-state index in [1.54, 1.807) is 18.2 Å². The molecule has 0 radical (unpaired) electrons. The summed E-state index contributed by atoms with van der Waals surface area (Å²) in [7, 11) is 0. The molecule has 0 unspecified atom stereocenters. The van der Waals surface area contributed by atoms with Crippen LogP contribution in [0.4, 0.5) is 20.6 Å². The number of hydrogen-bond acceptors (Lipinski definition) is 2. The van der Waals surface area contributed by atoms with Crippen LogP contribution < -0.4 is 16.4 Å². The fourth-order valence-corrected chi connectivity index (χ4v) is 2.18. The van der Waals surface area contributed by atoms with Gasteiger partial charge in [-0.25, -0.2) is 9.18 Å². The zero-order chi connectivity index (χ0) is 15.4. The van der Waals surface area contributed by atoms with E-state index >= 15 is 0 Å². The molecule has 4 nitrogen and oxygen atoms in total. The van der Waals surface area contributed by atoms with E-state index in [0.29, 0.717) is 16.9 Å². The van der Waals surface area contributed by atoms with Gasteiger partial charge < -0.3 is 16.4 Å². The molecule has 21 heavy (non-hydrogen) atoms. The number of urea groups is 1. The number of rotatable bonds is 3. The Morgan fingerprint density at radius 2 is 1.81 bits per heavy atom. The van der Waals surface area contributed by atoms with Gasteiger partial charge in [0.1, 0.15) is 10.8 Å². The Hall–Kier alpha value is -1.99. The lowest BCUT2D eigenvalue weighted by Gasteiger charge is -2.11. The average molecular weight is 368 g/mol. The van der Waals surface area contributed by atoms with Crippen molar-refractivity contribution in [1.82, 2.24) is 0 Å². The van der Waals surface area contributed by atoms with Gasteiger partial charge >= 0.3 is 6.03 Å². The Morgan fingerprint density at radius 3 is 2.43 bits per heavy atom. The molecular weight excluding hydrogens is 357 g/mol. The van der Waals surface area contributed by atoms with Crippen LogP contribution in [0.3, 0.4) is 0 Å². The molecule has 0 fully saturated rings. The van der Waals surface area contributed by atoms with Gasteiger partial charge in [-0.2, -0.15) is 0 Å². The van der Waals surface area contributed by atoms with E-state index in [1.807, 2.05) is 0 Å². The largest absolute Gasteiger partial charge is 0.389 e. The Bertz CT molecular complexity index is 691. The summed E-state index contributed by atoms with van der Waals surface area (Å²) in [5, 5.41) is 5.24. The molecule has 108 valence electrons. The summed E-state index contributed by atoms with van der Waals surface area (Å²) in [6.07, 6.45) is 0. The van der Waals surface area contributed by atoms with Gasteiger partial charge in [0.15, 0.2) is 0 Å². The van der Waals surface area contributed by atoms with Crippen LogP contribution in [-0.2, 0) is 0 Å². The van der Waals surface area contributed by atoms with Gasteiger partial charge in [0.2, 0.25) is 0 Å². The molecule has 4 N–H and O–H groups in total. The molecule has 0 aliphatic rings. The van der Waals surface area contributed by atoms with Crippen LogP contribution in [0.5, 0.6) is 0 Å². The third-order valence-electron chi connectivity index (χ3n) is 2.60. The van der Waals surface area contributed by atoms with Crippen molar-refractivity contribution < 1.29 is 9.18 Å². The van der Waals surface area contributed by atoms with Crippen LogP contribution >= 0.6 is 28.1 Å². The molecule has 0 heterocycles. The van der Waals surface area contributed by atoms with E-state index in [9.17, 15) is 9.18 Å². The van der Waals surface area contributed by atoms with Crippen molar-refractivity contribution >= 4 is 50.5 Å². The minimum atomic E-state index is -0.471. The Kier molecular flexibility index (Phi) is 4.87. The number of carbonyl (C=O) groups is 1. The summed E-state index contributed by atoms with van der Waals surface area (Å²) in [5.74, 6) is -0.371. The zero-order valence-electron chi connectivity index (χ0n) is 10.7. The van der Waals surface area contributed by atoms with Crippen molar-refractivity contribution in [3.8, 4) is 0 Å². The number of carbonyl (C=O) groups excluding carboxylic acids is 1. The molecule has 0 aromatic heterocycles. The zero-order valence-corrected chi connectivity index (χ0v) is 13.1. The van der Waals surface area contributed by atoms with E-state index in [2.05, 4.69) is 26.6 Å². The van der Waals surface area contributed by atoms with Crippen molar-refractivity contribution in [2.24, 2.45) is 5.73 Å². The van der Waals surface area contributed by atoms with Gasteiger partial charge in [0.05, 0.1) is 5.69 Å². The minimum absolute atomic E-state index is 0.174. The van der Waals surface area contributed by atoms with Crippen molar-refractivity contribution in [2.45, 2.75) is 0 Å². The molecule has 2 aromatic carbocycles. The highest BCUT2D eigenvalue weighted by molar-refractivity contribution is 9.10. The number of nitrogens with one attached hydrogen (secondary N) is 2. The summed E-state index contributed by atoms with van der Waals surface area (Å²) in [5.41, 5.74) is 7.14. The van der Waals surface area contributed by atoms with E-state index in [4.69, 9.17) is 18.0 Å². The molecule has 0 saturated heterocycles. The fourth-order valence-electron chi connectivity index (χ4n) is 1.65. The third kappa shape index (κ3) is 4.24. The van der Waals surface area contributed by atoms with Crippen LogP contribution in [0.15, 0.2) is 46.9 Å². The summed E-state index contributed by atoms with van der Waals surface area (Å²) in [6, 6.07) is 10.1. The number of hydrogen-bond donors (Lipinski definition) is 3. The molecular formula is C14H11BrFN3OS. The van der Waals surface area contributed by atoms with Gasteiger partial charge in [-0.05, 0) is 42.5 Å². The number of benzene rings is 2. The summed E-state index contributed by atoms with van der Waals surface area (Å²) in [6.45, 7) is 0. The lowest BCUT2D eigenvalue weighted by atomic mass is 10.2. The van der Waals surface area contributed by atoms with Crippen molar-refractivity contribution in [1.29, 1.82) is 0 Å². The highest BCUT2D eigenvalue weighted by atomic mass is 79.9. The number of amides is 2. The summed E-state index contributed by atoms with van der Waals surface area (Å²) >= 11 is 8.26. The molecule has 2 amide bonds. The first kappa shape index (κ1) is 15.4. The van der Waals surface area contributed by atoms with Gasteiger partial charge in [-0.15, -0.1) is 0 Å². The lowest BCUT2D eigenvalue weighted by Crippen LogP contribution is -2.22. The lowest BCUT2D eigenvalue weighted by molar-refractivity contribution is 0.262. The van der Waals surface area contributed by atoms with Crippen molar-refractivity contribution in [2.75, 3.05) is 10.6 Å². The second-order valence-corrected chi connectivity index (χ2v) is 5.50. The monoisotopic (exact) mass is 367 g/mol. The summed E-state index contributed by atoms with van der Waals surface area (Å²) < 4.78 is 13.6. The van der Waals surface area contributed by atoms with Gasteiger partial charge in [-0.3, -0.25) is 0 Å². The SMILES string of the molecule is NC(=S)c1cc(Br)ccc1NC(=O)Nc1ccc(F)cc1. The maximum Gasteiger partial charge on any atom is 0.323 e. The molecule has 0 saturated carbocycles. The predicted molar refractivity (Wildman–Crippen MR) is 89.1 cm³/mol. The normalized spacial score (nSPS) is 10.0. The van der Waals surface area contributed by atoms with E-state index in [0.717, 1.165) is 4.47 Å². The van der Waals surface area contributed by atoms with Crippen LogP contribution in [0.25, 0.3) is 0 Å². The van der Waals surface area contributed by atoms with Crippen LogP contribution in [0.2, 0.25) is 0 Å². The summed E-state index contributed by atoms with van der Waals surface area (Å²) in [4.78, 5) is 12.1. The van der Waals surface area contributed by atoms with Gasteiger partial charge in [0, 0.05) is 15.7 Å². The Labute approximate surface area is 134 Å². The maximum absolute atomic E-state index is 12.8. The first-order chi connectivity index (χ1) is 9.95. The highest BCUT2D eigenvalue weighted by Gasteiger charge is 2.09. The first-order valence-corrected chi connectivity index (χ1v) is 7.09.